The van der Waals surface area contributed by atoms with Crippen LogP contribution in [0.1, 0.15) is 50.9 Å². The molecule has 1 N–H and O–H groups in total. The van der Waals surface area contributed by atoms with Gasteiger partial charge in [0.2, 0.25) is 0 Å². The Morgan fingerprint density at radius 1 is 1.33 bits per heavy atom. The summed E-state index contributed by atoms with van der Waals surface area (Å²) in [6, 6.07) is 2.19. The van der Waals surface area contributed by atoms with Crippen LogP contribution in [0.25, 0.3) is 0 Å². The highest BCUT2D eigenvalue weighted by atomic mass is 15.3. The zero-order chi connectivity index (χ0) is 13.0. The number of aryl methyl sites for hydroxylation is 2. The van der Waals surface area contributed by atoms with E-state index >= 15 is 0 Å². The van der Waals surface area contributed by atoms with Gasteiger partial charge in [-0.25, -0.2) is 0 Å². The Morgan fingerprint density at radius 3 is 2.72 bits per heavy atom. The molecule has 3 nitrogen and oxygen atoms in total. The Bertz CT molecular complexity index is 362. The van der Waals surface area contributed by atoms with Gasteiger partial charge < -0.3 is 5.32 Å². The van der Waals surface area contributed by atoms with Crippen molar-refractivity contribution < 1.29 is 0 Å². The molecule has 1 heterocycles. The zero-order valence-corrected chi connectivity index (χ0v) is 12.1. The highest BCUT2D eigenvalue weighted by molar-refractivity contribution is 5.08. The average molecular weight is 249 g/mol. The highest BCUT2D eigenvalue weighted by Gasteiger charge is 2.17. The van der Waals surface area contributed by atoms with Gasteiger partial charge in [-0.1, -0.05) is 19.8 Å². The molecule has 0 radical (unpaired) electrons. The van der Waals surface area contributed by atoms with E-state index in [0.717, 1.165) is 30.6 Å². The van der Waals surface area contributed by atoms with Gasteiger partial charge in [0.1, 0.15) is 0 Å². The summed E-state index contributed by atoms with van der Waals surface area (Å²) in [4.78, 5) is 0. The van der Waals surface area contributed by atoms with Crippen molar-refractivity contribution in [2.75, 3.05) is 6.54 Å². The summed E-state index contributed by atoms with van der Waals surface area (Å²) in [5.74, 6) is 1.84. The third-order valence-electron chi connectivity index (χ3n) is 4.16. The smallest absolute Gasteiger partial charge is 0.0597 e. The lowest BCUT2D eigenvalue weighted by Gasteiger charge is -2.26. The Hall–Kier alpha value is -0.830. The van der Waals surface area contributed by atoms with Gasteiger partial charge in [-0.15, -0.1) is 0 Å². The SMILES string of the molecule is CCn1nc(C)cc1CNCC1CCC(C)CC1. The molecule has 3 heteroatoms. The van der Waals surface area contributed by atoms with Gasteiger partial charge in [-0.05, 0) is 51.1 Å². The Morgan fingerprint density at radius 2 is 2.06 bits per heavy atom. The number of nitrogens with zero attached hydrogens (tertiary/aromatic N) is 2. The highest BCUT2D eigenvalue weighted by Crippen LogP contribution is 2.27. The molecule has 102 valence electrons. The molecular weight excluding hydrogens is 222 g/mol. The van der Waals surface area contributed by atoms with E-state index in [4.69, 9.17) is 0 Å². The summed E-state index contributed by atoms with van der Waals surface area (Å²) >= 11 is 0. The second kappa shape index (κ2) is 6.37. The minimum Gasteiger partial charge on any atom is -0.311 e. The van der Waals surface area contributed by atoms with E-state index in [1.807, 2.05) is 0 Å². The van der Waals surface area contributed by atoms with Crippen molar-refractivity contribution >= 4 is 0 Å². The second-order valence-electron chi connectivity index (χ2n) is 5.85. The Balaban J connectivity index is 1.74. The fourth-order valence-corrected chi connectivity index (χ4v) is 2.95. The van der Waals surface area contributed by atoms with Crippen LogP contribution in [-0.2, 0) is 13.1 Å². The van der Waals surface area contributed by atoms with Crippen molar-refractivity contribution in [1.82, 2.24) is 15.1 Å². The maximum atomic E-state index is 4.48. The first-order valence-electron chi connectivity index (χ1n) is 7.43. The number of aromatic nitrogens is 2. The third kappa shape index (κ3) is 3.58. The van der Waals surface area contributed by atoms with E-state index in [-0.39, 0.29) is 0 Å². The predicted molar refractivity (Wildman–Crippen MR) is 75.5 cm³/mol. The van der Waals surface area contributed by atoms with Crippen molar-refractivity contribution in [2.45, 2.75) is 59.5 Å². The lowest BCUT2D eigenvalue weighted by molar-refractivity contribution is 0.281. The van der Waals surface area contributed by atoms with Crippen LogP contribution in [0, 0.1) is 18.8 Å². The molecular formula is C15H27N3. The molecule has 0 spiro atoms. The van der Waals surface area contributed by atoms with E-state index in [2.05, 4.69) is 41.9 Å². The summed E-state index contributed by atoms with van der Waals surface area (Å²) < 4.78 is 2.10. The van der Waals surface area contributed by atoms with Crippen molar-refractivity contribution in [1.29, 1.82) is 0 Å². The van der Waals surface area contributed by atoms with Crippen LogP contribution in [0.5, 0.6) is 0 Å². The maximum absolute atomic E-state index is 4.48. The Labute approximate surface area is 111 Å². The molecule has 0 bridgehead atoms. The van der Waals surface area contributed by atoms with Crippen LogP contribution >= 0.6 is 0 Å². The average Bonchev–Trinajstić information content (AvgIpc) is 2.72. The van der Waals surface area contributed by atoms with Gasteiger partial charge >= 0.3 is 0 Å². The normalized spacial score (nSPS) is 24.4. The lowest BCUT2D eigenvalue weighted by Crippen LogP contribution is -2.26. The van der Waals surface area contributed by atoms with Gasteiger partial charge in [-0.3, -0.25) is 4.68 Å². The Kier molecular flexibility index (Phi) is 4.81. The van der Waals surface area contributed by atoms with Gasteiger partial charge in [-0.2, -0.15) is 5.10 Å². The molecule has 1 aliphatic rings. The maximum Gasteiger partial charge on any atom is 0.0597 e. The number of hydrogen-bond acceptors (Lipinski definition) is 2. The molecule has 2 rings (SSSR count). The second-order valence-corrected chi connectivity index (χ2v) is 5.85. The van der Waals surface area contributed by atoms with Crippen LogP contribution in [-0.4, -0.2) is 16.3 Å². The van der Waals surface area contributed by atoms with Crippen LogP contribution in [0.3, 0.4) is 0 Å². The fourth-order valence-electron chi connectivity index (χ4n) is 2.95. The monoisotopic (exact) mass is 249 g/mol. The molecule has 1 aromatic heterocycles. The predicted octanol–water partition coefficient (Wildman–Crippen LogP) is 3.13. The quantitative estimate of drug-likeness (QED) is 0.869. The molecule has 1 saturated carbocycles. The summed E-state index contributed by atoms with van der Waals surface area (Å²) in [6.07, 6.45) is 5.64. The summed E-state index contributed by atoms with van der Waals surface area (Å²) in [5, 5.41) is 8.09. The van der Waals surface area contributed by atoms with Gasteiger partial charge in [0.25, 0.3) is 0 Å². The molecule has 0 atom stereocenters. The largest absolute Gasteiger partial charge is 0.311 e. The molecule has 0 aromatic carbocycles. The topological polar surface area (TPSA) is 29.9 Å². The molecule has 0 saturated heterocycles. The van der Waals surface area contributed by atoms with Crippen molar-refractivity contribution in [3.8, 4) is 0 Å². The van der Waals surface area contributed by atoms with Gasteiger partial charge in [0, 0.05) is 13.1 Å². The lowest BCUT2D eigenvalue weighted by atomic mass is 9.83. The van der Waals surface area contributed by atoms with E-state index < -0.39 is 0 Å². The fraction of sp³-hybridized carbons (Fsp3) is 0.800. The van der Waals surface area contributed by atoms with Crippen molar-refractivity contribution in [3.63, 3.8) is 0 Å². The van der Waals surface area contributed by atoms with Gasteiger partial charge in [0.05, 0.1) is 11.4 Å². The van der Waals surface area contributed by atoms with Crippen LogP contribution in [0.2, 0.25) is 0 Å². The van der Waals surface area contributed by atoms with E-state index in [1.54, 1.807) is 0 Å². The molecule has 0 amide bonds. The number of hydrogen-bond donors (Lipinski definition) is 1. The molecule has 0 unspecified atom stereocenters. The summed E-state index contributed by atoms with van der Waals surface area (Å²) in [5.41, 5.74) is 2.44. The molecule has 1 aromatic rings. The first-order valence-corrected chi connectivity index (χ1v) is 7.43. The van der Waals surface area contributed by atoms with Crippen LogP contribution in [0.4, 0.5) is 0 Å². The summed E-state index contributed by atoms with van der Waals surface area (Å²) in [6.45, 7) is 9.69. The van der Waals surface area contributed by atoms with Gasteiger partial charge in [0.15, 0.2) is 0 Å². The molecule has 1 aliphatic carbocycles. The first-order chi connectivity index (χ1) is 8.69. The zero-order valence-electron chi connectivity index (χ0n) is 12.1. The minimum atomic E-state index is 0.889. The molecule has 1 fully saturated rings. The van der Waals surface area contributed by atoms with E-state index in [9.17, 15) is 0 Å². The summed E-state index contributed by atoms with van der Waals surface area (Å²) in [7, 11) is 0. The molecule has 0 aliphatic heterocycles. The standard InChI is InChI=1S/C15H27N3/c1-4-18-15(9-13(3)17-18)11-16-10-14-7-5-12(2)6-8-14/h9,12,14,16H,4-8,10-11H2,1-3H3. The molecule has 18 heavy (non-hydrogen) atoms. The van der Waals surface area contributed by atoms with Crippen molar-refractivity contribution in [2.24, 2.45) is 11.8 Å². The third-order valence-corrected chi connectivity index (χ3v) is 4.16. The van der Waals surface area contributed by atoms with Crippen molar-refractivity contribution in [3.05, 3.63) is 17.5 Å². The number of rotatable bonds is 5. The first kappa shape index (κ1) is 13.6. The van der Waals surface area contributed by atoms with E-state index in [0.29, 0.717) is 0 Å². The minimum absolute atomic E-state index is 0.889. The van der Waals surface area contributed by atoms with Crippen LogP contribution in [0.15, 0.2) is 6.07 Å². The van der Waals surface area contributed by atoms with E-state index in [1.165, 1.54) is 37.9 Å². The number of nitrogens with one attached hydrogen (secondary N) is 1. The van der Waals surface area contributed by atoms with Crippen LogP contribution < -0.4 is 5.32 Å².